The Hall–Kier alpha value is -1.80. The predicted molar refractivity (Wildman–Crippen MR) is 75.7 cm³/mol. The van der Waals surface area contributed by atoms with Crippen LogP contribution in [0.15, 0.2) is 28.1 Å². The molecule has 0 bridgehead atoms. The minimum absolute atomic E-state index is 0.147. The molecule has 7 nitrogen and oxygen atoms in total. The van der Waals surface area contributed by atoms with Crippen LogP contribution in [0, 0.1) is 0 Å². The highest BCUT2D eigenvalue weighted by Crippen LogP contribution is 2.28. The van der Waals surface area contributed by atoms with Crippen molar-refractivity contribution < 1.29 is 17.9 Å². The molecule has 0 atom stereocenters. The van der Waals surface area contributed by atoms with Crippen LogP contribution in [0.3, 0.4) is 0 Å². The van der Waals surface area contributed by atoms with Gasteiger partial charge in [-0.05, 0) is 19.1 Å². The summed E-state index contributed by atoms with van der Waals surface area (Å²) in [5.41, 5.74) is 0.475. The largest absolute Gasteiger partial charge is 0.494 e. The summed E-state index contributed by atoms with van der Waals surface area (Å²) in [7, 11) is -2.07. The lowest BCUT2D eigenvalue weighted by Crippen LogP contribution is -2.41. The van der Waals surface area contributed by atoms with E-state index < -0.39 is 10.0 Å². The normalized spacial score (nSPS) is 18.0. The number of anilines is 1. The van der Waals surface area contributed by atoms with E-state index >= 15 is 0 Å². The van der Waals surface area contributed by atoms with Gasteiger partial charge in [-0.25, -0.2) is 18.1 Å². The number of guanidine groups is 1. The Kier molecular flexibility index (Phi) is 4.46. The van der Waals surface area contributed by atoms with Crippen molar-refractivity contribution in [1.82, 2.24) is 4.72 Å². The van der Waals surface area contributed by atoms with Gasteiger partial charge in [0, 0.05) is 13.2 Å². The number of rotatable bonds is 5. The Morgan fingerprint density at radius 1 is 1.35 bits per heavy atom. The van der Waals surface area contributed by atoms with Gasteiger partial charge in [0.15, 0.2) is 0 Å². The summed E-state index contributed by atoms with van der Waals surface area (Å²) in [5, 5.41) is 2.93. The second-order valence-electron chi connectivity index (χ2n) is 4.04. The van der Waals surface area contributed by atoms with Crippen molar-refractivity contribution in [3.8, 4) is 5.75 Å². The fourth-order valence-electron chi connectivity index (χ4n) is 1.74. The third-order valence-electron chi connectivity index (χ3n) is 2.60. The quantitative estimate of drug-likeness (QED) is 0.785. The van der Waals surface area contributed by atoms with Gasteiger partial charge in [0.05, 0.1) is 25.4 Å². The molecule has 0 aliphatic carbocycles. The highest BCUT2D eigenvalue weighted by molar-refractivity contribution is 7.90. The SMILES string of the molecule is CCOc1ccc2c(c1)S(=O)(=O)NC(=NCCOC)N2. The number of methoxy groups -OCH3 is 1. The van der Waals surface area contributed by atoms with E-state index in [0.717, 1.165) is 0 Å². The van der Waals surface area contributed by atoms with Crippen LogP contribution >= 0.6 is 0 Å². The second kappa shape index (κ2) is 6.10. The van der Waals surface area contributed by atoms with Gasteiger partial charge in [-0.1, -0.05) is 0 Å². The molecular weight excluding hydrogens is 282 g/mol. The summed E-state index contributed by atoms with van der Waals surface area (Å²) in [6.07, 6.45) is 0. The molecule has 2 rings (SSSR count). The number of hydrogen-bond acceptors (Lipinski definition) is 5. The molecule has 8 heteroatoms. The van der Waals surface area contributed by atoms with Crippen LogP contribution in [-0.2, 0) is 14.8 Å². The van der Waals surface area contributed by atoms with Crippen molar-refractivity contribution in [3.05, 3.63) is 18.2 Å². The number of benzene rings is 1. The van der Waals surface area contributed by atoms with E-state index in [2.05, 4.69) is 15.0 Å². The number of fused-ring (bicyclic) bond motifs is 1. The minimum Gasteiger partial charge on any atom is -0.494 e. The van der Waals surface area contributed by atoms with Crippen LogP contribution in [-0.4, -0.2) is 41.2 Å². The lowest BCUT2D eigenvalue weighted by molar-refractivity contribution is 0.208. The average Bonchev–Trinajstić information content (AvgIpc) is 2.40. The smallest absolute Gasteiger partial charge is 0.266 e. The highest BCUT2D eigenvalue weighted by Gasteiger charge is 2.26. The first-order valence-electron chi connectivity index (χ1n) is 6.17. The number of hydrogen-bond donors (Lipinski definition) is 2. The topological polar surface area (TPSA) is 89.0 Å². The number of nitrogens with one attached hydrogen (secondary N) is 2. The zero-order valence-electron chi connectivity index (χ0n) is 11.3. The van der Waals surface area contributed by atoms with Gasteiger partial charge >= 0.3 is 0 Å². The maximum atomic E-state index is 12.2. The minimum atomic E-state index is -3.63. The summed E-state index contributed by atoms with van der Waals surface area (Å²) >= 11 is 0. The van der Waals surface area contributed by atoms with Gasteiger partial charge < -0.3 is 14.8 Å². The molecule has 0 saturated carbocycles. The van der Waals surface area contributed by atoms with Crippen LogP contribution in [0.4, 0.5) is 5.69 Å². The third kappa shape index (κ3) is 3.20. The third-order valence-corrected chi connectivity index (χ3v) is 3.98. The molecule has 2 N–H and O–H groups in total. The van der Waals surface area contributed by atoms with E-state index in [9.17, 15) is 8.42 Å². The van der Waals surface area contributed by atoms with Crippen molar-refractivity contribution in [3.63, 3.8) is 0 Å². The van der Waals surface area contributed by atoms with E-state index in [1.54, 1.807) is 19.2 Å². The molecule has 1 aliphatic rings. The molecule has 1 heterocycles. The zero-order chi connectivity index (χ0) is 14.6. The van der Waals surface area contributed by atoms with Crippen molar-refractivity contribution in [2.45, 2.75) is 11.8 Å². The molecule has 0 spiro atoms. The molecule has 110 valence electrons. The van der Waals surface area contributed by atoms with Crippen LogP contribution in [0.25, 0.3) is 0 Å². The van der Waals surface area contributed by atoms with Gasteiger partial charge in [-0.15, -0.1) is 0 Å². The molecule has 0 saturated heterocycles. The fraction of sp³-hybridized carbons (Fsp3) is 0.417. The summed E-state index contributed by atoms with van der Waals surface area (Å²) < 4.78 is 36.9. The van der Waals surface area contributed by atoms with Crippen LogP contribution in [0.1, 0.15) is 6.92 Å². The summed E-state index contributed by atoms with van der Waals surface area (Å²) in [6, 6.07) is 4.85. The Balaban J connectivity index is 2.29. The monoisotopic (exact) mass is 299 g/mol. The van der Waals surface area contributed by atoms with Gasteiger partial charge in [-0.3, -0.25) is 0 Å². The van der Waals surface area contributed by atoms with Crippen molar-refractivity contribution in [2.75, 3.05) is 32.2 Å². The Morgan fingerprint density at radius 3 is 2.85 bits per heavy atom. The average molecular weight is 299 g/mol. The lowest BCUT2D eigenvalue weighted by Gasteiger charge is -2.22. The summed E-state index contributed by atoms with van der Waals surface area (Å²) in [4.78, 5) is 4.23. The first kappa shape index (κ1) is 14.6. The molecule has 0 aromatic heterocycles. The lowest BCUT2D eigenvalue weighted by atomic mass is 10.3. The van der Waals surface area contributed by atoms with Crippen molar-refractivity contribution in [2.24, 2.45) is 4.99 Å². The molecule has 1 aliphatic heterocycles. The first-order valence-corrected chi connectivity index (χ1v) is 7.65. The van der Waals surface area contributed by atoms with Crippen molar-refractivity contribution >= 4 is 21.7 Å². The Labute approximate surface area is 118 Å². The maximum Gasteiger partial charge on any atom is 0.266 e. The standard InChI is InChI=1S/C12H17N3O4S/c1-3-19-9-4-5-10-11(8-9)20(16,17)15-12(14-10)13-6-7-18-2/h4-5,8H,3,6-7H2,1-2H3,(H2,13,14,15). The predicted octanol–water partition coefficient (Wildman–Crippen LogP) is 0.791. The Morgan fingerprint density at radius 2 is 2.15 bits per heavy atom. The molecule has 1 aromatic rings. The highest BCUT2D eigenvalue weighted by atomic mass is 32.2. The summed E-state index contributed by atoms with van der Waals surface area (Å²) in [5.74, 6) is 0.705. The van der Waals surface area contributed by atoms with Crippen LogP contribution in [0.5, 0.6) is 5.75 Å². The van der Waals surface area contributed by atoms with E-state index in [1.165, 1.54) is 6.07 Å². The first-order chi connectivity index (χ1) is 9.56. The van der Waals surface area contributed by atoms with E-state index in [0.29, 0.717) is 31.2 Å². The molecule has 0 fully saturated rings. The van der Waals surface area contributed by atoms with Crippen LogP contribution < -0.4 is 14.8 Å². The van der Waals surface area contributed by atoms with Gasteiger partial charge in [-0.2, -0.15) is 0 Å². The number of sulfonamides is 1. The molecule has 1 aromatic carbocycles. The fourth-order valence-corrected chi connectivity index (χ4v) is 2.90. The molecule has 0 amide bonds. The van der Waals surface area contributed by atoms with E-state index in [4.69, 9.17) is 9.47 Å². The maximum absolute atomic E-state index is 12.2. The second-order valence-corrected chi connectivity index (χ2v) is 5.70. The zero-order valence-corrected chi connectivity index (χ0v) is 12.2. The van der Waals surface area contributed by atoms with E-state index in [-0.39, 0.29) is 10.9 Å². The van der Waals surface area contributed by atoms with Crippen LogP contribution in [0.2, 0.25) is 0 Å². The van der Waals surface area contributed by atoms with Gasteiger partial charge in [0.25, 0.3) is 10.0 Å². The number of ether oxygens (including phenoxy) is 2. The molecule has 0 unspecified atom stereocenters. The van der Waals surface area contributed by atoms with E-state index in [1.807, 2.05) is 6.92 Å². The Bertz CT molecular complexity index is 613. The molecular formula is C12H17N3O4S. The summed E-state index contributed by atoms with van der Waals surface area (Å²) in [6.45, 7) is 3.10. The van der Waals surface area contributed by atoms with Gasteiger partial charge in [0.1, 0.15) is 10.6 Å². The number of aliphatic imine (C=N–C) groups is 1. The number of nitrogens with zero attached hydrogens (tertiary/aromatic N) is 1. The van der Waals surface area contributed by atoms with Gasteiger partial charge in [0.2, 0.25) is 5.96 Å². The van der Waals surface area contributed by atoms with Crippen molar-refractivity contribution in [1.29, 1.82) is 0 Å². The molecule has 20 heavy (non-hydrogen) atoms. The molecule has 0 radical (unpaired) electrons.